The first kappa shape index (κ1) is 15.4. The van der Waals surface area contributed by atoms with Crippen LogP contribution in [0.5, 0.6) is 0 Å². The molecule has 7 nitrogen and oxygen atoms in total. The summed E-state index contributed by atoms with van der Waals surface area (Å²) < 4.78 is 0. The Balaban J connectivity index is 2.02. The fraction of sp³-hybridized carbons (Fsp3) is 0.750. The van der Waals surface area contributed by atoms with Crippen molar-refractivity contribution in [3.8, 4) is 0 Å². The maximum atomic E-state index is 11.3. The van der Waals surface area contributed by atoms with E-state index in [-0.39, 0.29) is 19.3 Å². The largest absolute Gasteiger partial charge is 0.481 e. The van der Waals surface area contributed by atoms with E-state index in [1.165, 1.54) is 12.8 Å². The van der Waals surface area contributed by atoms with Crippen LogP contribution in [-0.2, 0) is 9.59 Å². The first-order valence-electron chi connectivity index (χ1n) is 6.60. The van der Waals surface area contributed by atoms with Crippen molar-refractivity contribution in [1.29, 1.82) is 0 Å². The molecule has 0 spiro atoms. The number of nitrogens with zero attached hydrogens (tertiary/aromatic N) is 1. The fourth-order valence-electron chi connectivity index (χ4n) is 1.97. The zero-order chi connectivity index (χ0) is 14.1. The number of carbonyl (C=O) groups excluding carboxylic acids is 2. The predicted molar refractivity (Wildman–Crippen MR) is 68.7 cm³/mol. The van der Waals surface area contributed by atoms with Crippen LogP contribution in [-0.4, -0.2) is 54.1 Å². The van der Waals surface area contributed by atoms with E-state index in [2.05, 4.69) is 15.5 Å². The van der Waals surface area contributed by atoms with Gasteiger partial charge in [-0.15, -0.1) is 0 Å². The first-order valence-corrected chi connectivity index (χ1v) is 6.60. The van der Waals surface area contributed by atoms with Crippen molar-refractivity contribution in [3.05, 3.63) is 0 Å². The average molecular weight is 271 g/mol. The Morgan fingerprint density at radius 2 is 1.79 bits per heavy atom. The van der Waals surface area contributed by atoms with E-state index in [0.29, 0.717) is 6.54 Å². The maximum Gasteiger partial charge on any atom is 0.321 e. The predicted octanol–water partition coefficient (Wildman–Crippen LogP) is 0.163. The lowest BCUT2D eigenvalue weighted by Gasteiger charge is -2.14. The minimum absolute atomic E-state index is 0.0475. The highest BCUT2D eigenvalue weighted by atomic mass is 16.4. The third-order valence-corrected chi connectivity index (χ3v) is 2.96. The molecule has 0 atom stereocenters. The number of nitrogens with one attached hydrogen (secondary N) is 2. The topological polar surface area (TPSA) is 98.7 Å². The Hall–Kier alpha value is -1.63. The van der Waals surface area contributed by atoms with Crippen molar-refractivity contribution in [2.24, 2.45) is 0 Å². The molecule has 0 bridgehead atoms. The number of carboxylic acids is 1. The lowest BCUT2D eigenvalue weighted by atomic mass is 10.2. The van der Waals surface area contributed by atoms with Crippen LogP contribution in [0, 0.1) is 0 Å². The van der Waals surface area contributed by atoms with Gasteiger partial charge in [-0.05, 0) is 32.4 Å². The summed E-state index contributed by atoms with van der Waals surface area (Å²) in [4.78, 5) is 35.1. The quantitative estimate of drug-likeness (QED) is 0.613. The summed E-state index contributed by atoms with van der Waals surface area (Å²) in [6.45, 7) is 3.43. The number of amides is 3. The van der Waals surface area contributed by atoms with Gasteiger partial charge in [0.15, 0.2) is 0 Å². The highest BCUT2D eigenvalue weighted by Crippen LogP contribution is 2.05. The molecule has 0 aromatic rings. The molecule has 1 aliphatic rings. The Morgan fingerprint density at radius 3 is 2.42 bits per heavy atom. The lowest BCUT2D eigenvalue weighted by Crippen LogP contribution is -2.42. The van der Waals surface area contributed by atoms with E-state index in [1.807, 2.05) is 0 Å². The molecule has 0 aromatic carbocycles. The smallest absolute Gasteiger partial charge is 0.321 e. The molecule has 1 aliphatic heterocycles. The van der Waals surface area contributed by atoms with Crippen LogP contribution in [0.15, 0.2) is 0 Å². The van der Waals surface area contributed by atoms with E-state index in [1.54, 1.807) is 0 Å². The number of carboxylic acid groups (broad SMARTS) is 1. The van der Waals surface area contributed by atoms with Gasteiger partial charge in [0.2, 0.25) is 5.91 Å². The number of rotatable bonds is 7. The maximum absolute atomic E-state index is 11.3. The molecule has 19 heavy (non-hydrogen) atoms. The molecular formula is C12H21N3O4. The van der Waals surface area contributed by atoms with Crippen molar-refractivity contribution < 1.29 is 19.5 Å². The van der Waals surface area contributed by atoms with Gasteiger partial charge in [0.1, 0.15) is 0 Å². The monoisotopic (exact) mass is 271 g/mol. The minimum atomic E-state index is -0.942. The first-order chi connectivity index (χ1) is 9.08. The van der Waals surface area contributed by atoms with Crippen LogP contribution in [0.4, 0.5) is 4.79 Å². The third kappa shape index (κ3) is 7.40. The third-order valence-electron chi connectivity index (χ3n) is 2.96. The molecule has 1 rings (SSSR count). The molecule has 1 heterocycles. The van der Waals surface area contributed by atoms with Gasteiger partial charge < -0.3 is 15.3 Å². The van der Waals surface area contributed by atoms with E-state index in [4.69, 9.17) is 5.11 Å². The zero-order valence-electron chi connectivity index (χ0n) is 11.0. The molecule has 0 aliphatic carbocycles. The lowest BCUT2D eigenvalue weighted by molar-refractivity contribution is -0.137. The van der Waals surface area contributed by atoms with Crippen LogP contribution in [0.1, 0.15) is 32.1 Å². The number of likely N-dealkylation sites (tertiary alicyclic amines) is 1. The van der Waals surface area contributed by atoms with E-state index < -0.39 is 17.9 Å². The van der Waals surface area contributed by atoms with E-state index >= 15 is 0 Å². The highest BCUT2D eigenvalue weighted by molar-refractivity contribution is 5.94. The summed E-state index contributed by atoms with van der Waals surface area (Å²) >= 11 is 0. The van der Waals surface area contributed by atoms with Gasteiger partial charge in [0.25, 0.3) is 0 Å². The number of carbonyl (C=O) groups is 3. The number of urea groups is 1. The zero-order valence-corrected chi connectivity index (χ0v) is 11.0. The molecule has 0 radical (unpaired) electrons. The number of hydrogen-bond donors (Lipinski definition) is 3. The van der Waals surface area contributed by atoms with Crippen LogP contribution in [0.2, 0.25) is 0 Å². The summed E-state index contributed by atoms with van der Waals surface area (Å²) in [7, 11) is 0. The summed E-state index contributed by atoms with van der Waals surface area (Å²) in [6.07, 6.45) is 2.63. The van der Waals surface area contributed by atoms with Gasteiger partial charge in [0, 0.05) is 25.9 Å². The fourth-order valence-corrected chi connectivity index (χ4v) is 1.97. The number of aliphatic carboxylic acids is 1. The SMILES string of the molecule is O=C(O)CCCC(=O)NC(=O)NCCN1CCCC1. The second kappa shape index (κ2) is 8.47. The number of hydrogen-bond acceptors (Lipinski definition) is 4. The molecule has 1 fully saturated rings. The molecule has 0 saturated carbocycles. The van der Waals surface area contributed by atoms with Crippen molar-refractivity contribution in [2.45, 2.75) is 32.1 Å². The molecule has 7 heteroatoms. The molecular weight excluding hydrogens is 250 g/mol. The molecule has 108 valence electrons. The molecule has 3 N–H and O–H groups in total. The Bertz CT molecular complexity index is 327. The summed E-state index contributed by atoms with van der Waals surface area (Å²) in [6, 6.07) is -0.514. The normalized spacial score (nSPS) is 15.2. The van der Waals surface area contributed by atoms with Gasteiger partial charge >= 0.3 is 12.0 Å². The standard InChI is InChI=1S/C12H21N3O4/c16-10(4-3-5-11(17)18)14-12(19)13-6-9-15-7-1-2-8-15/h1-9H2,(H,17,18)(H2,13,14,16,19). The average Bonchev–Trinajstić information content (AvgIpc) is 2.81. The van der Waals surface area contributed by atoms with E-state index in [9.17, 15) is 14.4 Å². The minimum Gasteiger partial charge on any atom is -0.481 e. The molecule has 1 saturated heterocycles. The second-order valence-corrected chi connectivity index (χ2v) is 4.60. The van der Waals surface area contributed by atoms with Crippen LogP contribution < -0.4 is 10.6 Å². The molecule has 0 unspecified atom stereocenters. The van der Waals surface area contributed by atoms with Gasteiger partial charge in [-0.1, -0.05) is 0 Å². The molecule has 3 amide bonds. The molecule has 0 aromatic heterocycles. The number of imide groups is 1. The van der Waals surface area contributed by atoms with Gasteiger partial charge in [-0.3, -0.25) is 14.9 Å². The van der Waals surface area contributed by atoms with Gasteiger partial charge in [0.05, 0.1) is 0 Å². The van der Waals surface area contributed by atoms with Crippen molar-refractivity contribution >= 4 is 17.9 Å². The Morgan fingerprint density at radius 1 is 1.11 bits per heavy atom. The second-order valence-electron chi connectivity index (χ2n) is 4.60. The van der Waals surface area contributed by atoms with Gasteiger partial charge in [-0.2, -0.15) is 0 Å². The van der Waals surface area contributed by atoms with Crippen molar-refractivity contribution in [1.82, 2.24) is 15.5 Å². The van der Waals surface area contributed by atoms with Gasteiger partial charge in [-0.25, -0.2) is 4.79 Å². The highest BCUT2D eigenvalue weighted by Gasteiger charge is 2.12. The summed E-state index contributed by atoms with van der Waals surface area (Å²) in [5.41, 5.74) is 0. The van der Waals surface area contributed by atoms with E-state index in [0.717, 1.165) is 19.6 Å². The Labute approximate surface area is 112 Å². The van der Waals surface area contributed by atoms with Crippen molar-refractivity contribution in [3.63, 3.8) is 0 Å². The van der Waals surface area contributed by atoms with Crippen LogP contribution in [0.3, 0.4) is 0 Å². The van der Waals surface area contributed by atoms with Crippen LogP contribution >= 0.6 is 0 Å². The van der Waals surface area contributed by atoms with Crippen molar-refractivity contribution in [2.75, 3.05) is 26.2 Å². The summed E-state index contributed by atoms with van der Waals surface area (Å²) in [5.74, 6) is -1.39. The summed E-state index contributed by atoms with van der Waals surface area (Å²) in [5, 5.41) is 13.2. The Kier molecular flexibility index (Phi) is 6.88. The van der Waals surface area contributed by atoms with Crippen LogP contribution in [0.25, 0.3) is 0 Å².